The molecule has 1 amide bonds. The second-order valence-electron chi connectivity index (χ2n) is 6.77. The van der Waals surface area contributed by atoms with E-state index in [1.807, 2.05) is 5.32 Å². The molecule has 0 aromatic heterocycles. The van der Waals surface area contributed by atoms with E-state index in [0.29, 0.717) is 0 Å². The molecule has 26 heavy (non-hydrogen) atoms. The van der Waals surface area contributed by atoms with Gasteiger partial charge in [-0.1, -0.05) is 25.8 Å². The number of amides is 1. The highest BCUT2D eigenvalue weighted by molar-refractivity contribution is 7.89. The molecule has 0 spiro atoms. The lowest BCUT2D eigenvalue weighted by Crippen LogP contribution is -2.56. The van der Waals surface area contributed by atoms with E-state index >= 15 is 0 Å². The Labute approximate surface area is 151 Å². The van der Waals surface area contributed by atoms with Crippen molar-refractivity contribution in [2.75, 3.05) is 0 Å². The van der Waals surface area contributed by atoms with Crippen molar-refractivity contribution in [3.63, 3.8) is 0 Å². The summed E-state index contributed by atoms with van der Waals surface area (Å²) in [6, 6.07) is 4.90. The number of nitrogens with one attached hydrogen (secondary N) is 2. The van der Waals surface area contributed by atoms with Crippen LogP contribution in [0.25, 0.3) is 0 Å². The van der Waals surface area contributed by atoms with E-state index in [2.05, 4.69) is 4.72 Å². The number of sulfonamides is 1. The monoisotopic (exact) mass is 392 g/mol. The van der Waals surface area contributed by atoms with Gasteiger partial charge in [-0.3, -0.25) is 4.79 Å². The molecule has 2 N–H and O–H groups in total. The molecule has 0 radical (unpaired) electrons. The Kier molecular flexibility index (Phi) is 6.02. The highest BCUT2D eigenvalue weighted by Crippen LogP contribution is 2.33. The molecule has 0 aliphatic heterocycles. The number of halogens is 3. The normalized spacial score (nSPS) is 18.5. The quantitative estimate of drug-likeness (QED) is 0.779. The summed E-state index contributed by atoms with van der Waals surface area (Å²) >= 11 is 0. The van der Waals surface area contributed by atoms with Crippen LogP contribution in [0.3, 0.4) is 0 Å². The molecule has 1 aliphatic rings. The first kappa shape index (κ1) is 20.7. The number of carbonyl (C=O) groups is 1. The number of hydrogen-bond acceptors (Lipinski definition) is 3. The van der Waals surface area contributed by atoms with Gasteiger partial charge in [-0.15, -0.1) is 0 Å². The van der Waals surface area contributed by atoms with Crippen LogP contribution >= 0.6 is 0 Å². The molecule has 1 fully saturated rings. The van der Waals surface area contributed by atoms with Crippen LogP contribution in [-0.2, 0) is 10.0 Å². The maximum atomic E-state index is 13.2. The molecule has 1 aliphatic carbocycles. The lowest BCUT2D eigenvalue weighted by molar-refractivity contribution is -0.188. The van der Waals surface area contributed by atoms with Gasteiger partial charge in [0.2, 0.25) is 10.0 Å². The van der Waals surface area contributed by atoms with Crippen LogP contribution < -0.4 is 10.0 Å². The summed E-state index contributed by atoms with van der Waals surface area (Å²) in [5, 5.41) is 1.97. The minimum atomic E-state index is -4.62. The Bertz CT molecular complexity index is 759. The summed E-state index contributed by atoms with van der Waals surface area (Å²) in [5.74, 6) is -0.968. The summed E-state index contributed by atoms with van der Waals surface area (Å²) in [5.41, 5.74) is -2.52. The zero-order valence-electron chi connectivity index (χ0n) is 14.7. The first-order chi connectivity index (χ1) is 12.0. The lowest BCUT2D eigenvalue weighted by atomic mass is 9.97. The molecule has 1 unspecified atom stereocenters. The summed E-state index contributed by atoms with van der Waals surface area (Å²) in [6.07, 6.45) is -1.57. The SMILES string of the molecule is CCC(C)(NC(=O)c1cccc(S(=O)(=O)NC2CCCC2)c1)C(F)(F)F. The van der Waals surface area contributed by atoms with E-state index in [4.69, 9.17) is 0 Å². The van der Waals surface area contributed by atoms with E-state index in [0.717, 1.165) is 38.7 Å². The molecule has 1 atom stereocenters. The molecule has 0 saturated heterocycles. The third kappa shape index (κ3) is 4.56. The van der Waals surface area contributed by atoms with Gasteiger partial charge in [0.05, 0.1) is 4.90 Å². The van der Waals surface area contributed by atoms with E-state index in [-0.39, 0.29) is 22.9 Å². The van der Waals surface area contributed by atoms with Crippen LogP contribution in [0, 0.1) is 0 Å². The Morgan fingerprint density at radius 1 is 1.23 bits per heavy atom. The van der Waals surface area contributed by atoms with Crippen LogP contribution in [0.1, 0.15) is 56.3 Å². The molecule has 1 aromatic carbocycles. The van der Waals surface area contributed by atoms with Gasteiger partial charge in [0.15, 0.2) is 0 Å². The van der Waals surface area contributed by atoms with Crippen molar-refractivity contribution in [1.82, 2.24) is 10.0 Å². The molecule has 0 bridgehead atoms. The summed E-state index contributed by atoms with van der Waals surface area (Å²) < 4.78 is 66.9. The van der Waals surface area contributed by atoms with Gasteiger partial charge in [0.25, 0.3) is 5.91 Å². The van der Waals surface area contributed by atoms with Crippen molar-refractivity contribution in [1.29, 1.82) is 0 Å². The zero-order valence-corrected chi connectivity index (χ0v) is 15.5. The van der Waals surface area contributed by atoms with Crippen molar-refractivity contribution in [3.05, 3.63) is 29.8 Å². The van der Waals surface area contributed by atoms with E-state index in [1.54, 1.807) is 0 Å². The summed E-state index contributed by atoms with van der Waals surface area (Å²) in [6.45, 7) is 2.22. The Balaban J connectivity index is 2.21. The maximum Gasteiger partial charge on any atom is 0.411 e. The Morgan fingerprint density at radius 3 is 2.38 bits per heavy atom. The van der Waals surface area contributed by atoms with E-state index in [1.165, 1.54) is 25.1 Å². The highest BCUT2D eigenvalue weighted by atomic mass is 32.2. The van der Waals surface area contributed by atoms with Gasteiger partial charge >= 0.3 is 6.18 Å². The third-order valence-electron chi connectivity index (χ3n) is 4.81. The van der Waals surface area contributed by atoms with Gasteiger partial charge in [-0.05, 0) is 44.4 Å². The fraction of sp³-hybridized carbons (Fsp3) is 0.588. The average molecular weight is 392 g/mol. The molecule has 9 heteroatoms. The van der Waals surface area contributed by atoms with Crippen molar-refractivity contribution in [3.8, 4) is 0 Å². The number of alkyl halides is 3. The van der Waals surface area contributed by atoms with Crippen LogP contribution in [0.2, 0.25) is 0 Å². The Hall–Kier alpha value is -1.61. The molecule has 5 nitrogen and oxygen atoms in total. The number of hydrogen-bond donors (Lipinski definition) is 2. The molecule has 1 aromatic rings. The predicted molar refractivity (Wildman–Crippen MR) is 91.2 cm³/mol. The Morgan fingerprint density at radius 2 is 1.85 bits per heavy atom. The van der Waals surface area contributed by atoms with Gasteiger partial charge in [0.1, 0.15) is 5.54 Å². The highest BCUT2D eigenvalue weighted by Gasteiger charge is 2.50. The molecule has 1 saturated carbocycles. The first-order valence-corrected chi connectivity index (χ1v) is 9.98. The standard InChI is InChI=1S/C17H23F3N2O3S/c1-3-16(2,17(18,19)20)21-15(23)12-7-6-10-14(11-12)26(24,25)22-13-8-4-5-9-13/h6-7,10-11,13,22H,3-5,8-9H2,1-2H3,(H,21,23). The van der Waals surface area contributed by atoms with Crippen molar-refractivity contribution >= 4 is 15.9 Å². The predicted octanol–water partition coefficient (Wildman–Crippen LogP) is 3.37. The topological polar surface area (TPSA) is 75.3 Å². The third-order valence-corrected chi connectivity index (χ3v) is 6.32. The summed E-state index contributed by atoms with van der Waals surface area (Å²) in [7, 11) is -3.83. The minimum Gasteiger partial charge on any atom is -0.338 e. The molecule has 0 heterocycles. The molecule has 2 rings (SSSR count). The van der Waals surface area contributed by atoms with Gasteiger partial charge in [0, 0.05) is 11.6 Å². The van der Waals surface area contributed by atoms with E-state index in [9.17, 15) is 26.4 Å². The van der Waals surface area contributed by atoms with Crippen LogP contribution in [0.4, 0.5) is 13.2 Å². The zero-order chi connectivity index (χ0) is 19.6. The first-order valence-electron chi connectivity index (χ1n) is 8.50. The smallest absolute Gasteiger partial charge is 0.338 e. The second-order valence-corrected chi connectivity index (χ2v) is 8.48. The average Bonchev–Trinajstić information content (AvgIpc) is 3.06. The van der Waals surface area contributed by atoms with E-state index < -0.39 is 27.6 Å². The fourth-order valence-corrected chi connectivity index (χ4v) is 4.17. The van der Waals surface area contributed by atoms with Crippen LogP contribution in [-0.4, -0.2) is 32.1 Å². The molecular weight excluding hydrogens is 369 g/mol. The second kappa shape index (κ2) is 7.56. The van der Waals surface area contributed by atoms with Crippen molar-refractivity contribution in [2.45, 2.75) is 68.6 Å². The summed E-state index contributed by atoms with van der Waals surface area (Å²) in [4.78, 5) is 12.1. The lowest BCUT2D eigenvalue weighted by Gasteiger charge is -2.32. The van der Waals surface area contributed by atoms with Gasteiger partial charge < -0.3 is 5.32 Å². The van der Waals surface area contributed by atoms with Crippen LogP contribution in [0.5, 0.6) is 0 Å². The number of benzene rings is 1. The van der Waals surface area contributed by atoms with Gasteiger partial charge in [-0.25, -0.2) is 13.1 Å². The maximum absolute atomic E-state index is 13.2. The van der Waals surface area contributed by atoms with Gasteiger partial charge in [-0.2, -0.15) is 13.2 Å². The van der Waals surface area contributed by atoms with Crippen molar-refractivity contribution < 1.29 is 26.4 Å². The molecule has 146 valence electrons. The van der Waals surface area contributed by atoms with Crippen molar-refractivity contribution in [2.24, 2.45) is 0 Å². The molecular formula is C17H23F3N2O3S. The number of rotatable bonds is 6. The van der Waals surface area contributed by atoms with Crippen LogP contribution in [0.15, 0.2) is 29.2 Å². The largest absolute Gasteiger partial charge is 0.411 e. The number of carbonyl (C=O) groups excluding carboxylic acids is 1. The minimum absolute atomic E-state index is 0.136. The fourth-order valence-electron chi connectivity index (χ4n) is 2.82.